The Kier molecular flexibility index (Phi) is 3.08. The van der Waals surface area contributed by atoms with Crippen molar-refractivity contribution in [2.45, 2.75) is 0 Å². The van der Waals surface area contributed by atoms with Crippen molar-refractivity contribution in [3.05, 3.63) is 52.7 Å². The lowest BCUT2D eigenvalue weighted by Gasteiger charge is -2.03. The first-order chi connectivity index (χ1) is 9.31. The van der Waals surface area contributed by atoms with Crippen molar-refractivity contribution in [2.75, 3.05) is 5.73 Å². The third-order valence-electron chi connectivity index (χ3n) is 2.85. The van der Waals surface area contributed by atoms with E-state index in [2.05, 4.69) is 6.07 Å². The zero-order chi connectivity index (χ0) is 13.2. The second-order valence-corrected chi connectivity index (χ2v) is 5.97. The van der Waals surface area contributed by atoms with E-state index in [1.807, 2.05) is 47.8 Å². The average molecular weight is 282 g/mol. The fourth-order valence-electron chi connectivity index (χ4n) is 1.99. The maximum atomic E-state index is 9.18. The van der Waals surface area contributed by atoms with Crippen molar-refractivity contribution in [3.63, 3.8) is 0 Å². The molecule has 2 heterocycles. The summed E-state index contributed by atoms with van der Waals surface area (Å²) in [6, 6.07) is 16.3. The van der Waals surface area contributed by atoms with E-state index in [-0.39, 0.29) is 0 Å². The first-order valence-electron chi connectivity index (χ1n) is 5.73. The third-order valence-corrected chi connectivity index (χ3v) is 4.90. The SMILES string of the molecule is N#Cc1sc(-c2ccccc2)c(-c2cccs2)c1N. The van der Waals surface area contributed by atoms with E-state index in [1.165, 1.54) is 11.3 Å². The Morgan fingerprint density at radius 2 is 1.84 bits per heavy atom. The molecule has 2 aromatic heterocycles. The van der Waals surface area contributed by atoms with Crippen LogP contribution in [-0.4, -0.2) is 0 Å². The van der Waals surface area contributed by atoms with Crippen molar-refractivity contribution in [3.8, 4) is 27.0 Å². The van der Waals surface area contributed by atoms with Gasteiger partial charge in [-0.1, -0.05) is 36.4 Å². The highest BCUT2D eigenvalue weighted by Crippen LogP contribution is 2.45. The standard InChI is InChI=1S/C15H10N2S2/c16-9-12-14(17)13(11-7-4-8-18-11)15(19-12)10-5-2-1-3-6-10/h1-8H,17H2. The predicted octanol–water partition coefficient (Wildman–Crippen LogP) is 4.60. The normalized spacial score (nSPS) is 10.3. The molecule has 2 N–H and O–H groups in total. The van der Waals surface area contributed by atoms with Gasteiger partial charge in [0.2, 0.25) is 0 Å². The van der Waals surface area contributed by atoms with E-state index in [0.29, 0.717) is 10.6 Å². The van der Waals surface area contributed by atoms with Crippen LogP contribution >= 0.6 is 22.7 Å². The Morgan fingerprint density at radius 1 is 1.05 bits per heavy atom. The number of rotatable bonds is 2. The molecule has 3 rings (SSSR count). The summed E-state index contributed by atoms with van der Waals surface area (Å²) >= 11 is 3.10. The van der Waals surface area contributed by atoms with Gasteiger partial charge in [0, 0.05) is 15.3 Å². The van der Waals surface area contributed by atoms with Gasteiger partial charge in [-0.2, -0.15) is 5.26 Å². The molecule has 0 amide bonds. The summed E-state index contributed by atoms with van der Waals surface area (Å²) in [5.41, 5.74) is 8.82. The number of anilines is 1. The first kappa shape index (κ1) is 12.0. The van der Waals surface area contributed by atoms with Gasteiger partial charge in [0.1, 0.15) is 10.9 Å². The summed E-state index contributed by atoms with van der Waals surface area (Å²) in [5, 5.41) is 11.2. The van der Waals surface area contributed by atoms with Crippen LogP contribution in [0.15, 0.2) is 47.8 Å². The van der Waals surface area contributed by atoms with Crippen molar-refractivity contribution in [1.29, 1.82) is 5.26 Å². The van der Waals surface area contributed by atoms with Crippen LogP contribution in [0.3, 0.4) is 0 Å². The number of hydrogen-bond acceptors (Lipinski definition) is 4. The zero-order valence-electron chi connectivity index (χ0n) is 9.96. The molecule has 0 aliphatic carbocycles. The van der Waals surface area contributed by atoms with Crippen LogP contribution in [0.1, 0.15) is 4.88 Å². The Balaban J connectivity index is 2.28. The quantitative estimate of drug-likeness (QED) is 0.747. The molecule has 0 unspecified atom stereocenters. The number of nitrogen functional groups attached to an aromatic ring is 1. The highest BCUT2D eigenvalue weighted by atomic mass is 32.1. The van der Waals surface area contributed by atoms with Crippen LogP contribution in [0.2, 0.25) is 0 Å². The summed E-state index contributed by atoms with van der Waals surface area (Å²) in [7, 11) is 0. The Bertz CT molecular complexity index is 735. The molecule has 3 aromatic rings. The molecule has 0 radical (unpaired) electrons. The van der Waals surface area contributed by atoms with Gasteiger partial charge in [-0.25, -0.2) is 0 Å². The van der Waals surface area contributed by atoms with Crippen LogP contribution in [0, 0.1) is 11.3 Å². The summed E-state index contributed by atoms with van der Waals surface area (Å²) in [6.07, 6.45) is 0. The Labute approximate surface area is 119 Å². The van der Waals surface area contributed by atoms with Crippen molar-refractivity contribution in [1.82, 2.24) is 0 Å². The van der Waals surface area contributed by atoms with Gasteiger partial charge < -0.3 is 5.73 Å². The zero-order valence-corrected chi connectivity index (χ0v) is 11.6. The lowest BCUT2D eigenvalue weighted by atomic mass is 10.1. The van der Waals surface area contributed by atoms with Gasteiger partial charge in [0.15, 0.2) is 0 Å². The van der Waals surface area contributed by atoms with E-state index in [4.69, 9.17) is 5.73 Å². The van der Waals surface area contributed by atoms with E-state index in [1.54, 1.807) is 11.3 Å². The van der Waals surface area contributed by atoms with Crippen LogP contribution in [-0.2, 0) is 0 Å². The van der Waals surface area contributed by atoms with Crippen LogP contribution in [0.4, 0.5) is 5.69 Å². The molecule has 0 aliphatic rings. The van der Waals surface area contributed by atoms with Crippen molar-refractivity contribution in [2.24, 2.45) is 0 Å². The second kappa shape index (κ2) is 4.88. The van der Waals surface area contributed by atoms with Crippen molar-refractivity contribution < 1.29 is 0 Å². The molecule has 19 heavy (non-hydrogen) atoms. The average Bonchev–Trinajstić information content (AvgIpc) is 3.07. The summed E-state index contributed by atoms with van der Waals surface area (Å²) in [4.78, 5) is 2.76. The molecule has 0 atom stereocenters. The molecule has 0 saturated carbocycles. The summed E-state index contributed by atoms with van der Waals surface area (Å²) < 4.78 is 0. The van der Waals surface area contributed by atoms with Crippen LogP contribution in [0.5, 0.6) is 0 Å². The molecule has 0 spiro atoms. The molecule has 92 valence electrons. The number of nitrogens with zero attached hydrogens (tertiary/aromatic N) is 1. The lowest BCUT2D eigenvalue weighted by molar-refractivity contribution is 1.52. The molecule has 1 aromatic carbocycles. The largest absolute Gasteiger partial charge is 0.396 e. The Morgan fingerprint density at radius 3 is 2.47 bits per heavy atom. The number of benzene rings is 1. The minimum absolute atomic E-state index is 0.585. The van der Waals surface area contributed by atoms with E-state index in [0.717, 1.165) is 20.9 Å². The number of thiophene rings is 2. The van der Waals surface area contributed by atoms with Gasteiger partial charge in [-0.15, -0.1) is 22.7 Å². The van der Waals surface area contributed by atoms with E-state index in [9.17, 15) is 5.26 Å². The molecule has 2 nitrogen and oxygen atoms in total. The van der Waals surface area contributed by atoms with Gasteiger partial charge in [0.05, 0.1) is 5.69 Å². The molecule has 0 aliphatic heterocycles. The third kappa shape index (κ3) is 2.03. The topological polar surface area (TPSA) is 49.8 Å². The van der Waals surface area contributed by atoms with Crippen LogP contribution in [0.25, 0.3) is 20.9 Å². The van der Waals surface area contributed by atoms with Gasteiger partial charge in [-0.05, 0) is 17.0 Å². The molecule has 0 fully saturated rings. The monoisotopic (exact) mass is 282 g/mol. The first-order valence-corrected chi connectivity index (χ1v) is 7.42. The fourth-order valence-corrected chi connectivity index (χ4v) is 3.88. The summed E-state index contributed by atoms with van der Waals surface area (Å²) in [6.45, 7) is 0. The number of nitrogens with two attached hydrogens (primary N) is 1. The molecular formula is C15H10N2S2. The van der Waals surface area contributed by atoms with E-state index >= 15 is 0 Å². The molecule has 0 bridgehead atoms. The van der Waals surface area contributed by atoms with Gasteiger partial charge in [-0.3, -0.25) is 0 Å². The Hall–Kier alpha value is -2.09. The van der Waals surface area contributed by atoms with Crippen LogP contribution < -0.4 is 5.73 Å². The number of nitriles is 1. The molecule has 0 saturated heterocycles. The number of hydrogen-bond donors (Lipinski definition) is 1. The minimum Gasteiger partial charge on any atom is -0.396 e. The smallest absolute Gasteiger partial charge is 0.129 e. The maximum Gasteiger partial charge on any atom is 0.129 e. The predicted molar refractivity (Wildman–Crippen MR) is 82.2 cm³/mol. The fraction of sp³-hybridized carbons (Fsp3) is 0. The maximum absolute atomic E-state index is 9.18. The minimum atomic E-state index is 0.585. The lowest BCUT2D eigenvalue weighted by Crippen LogP contribution is -1.87. The van der Waals surface area contributed by atoms with Gasteiger partial charge in [0.25, 0.3) is 0 Å². The summed E-state index contributed by atoms with van der Waals surface area (Å²) in [5.74, 6) is 0. The molecular weight excluding hydrogens is 272 g/mol. The van der Waals surface area contributed by atoms with E-state index < -0.39 is 0 Å². The second-order valence-electron chi connectivity index (χ2n) is 4.00. The van der Waals surface area contributed by atoms with Gasteiger partial charge >= 0.3 is 0 Å². The highest BCUT2D eigenvalue weighted by molar-refractivity contribution is 7.18. The molecule has 4 heteroatoms. The van der Waals surface area contributed by atoms with Crippen molar-refractivity contribution >= 4 is 28.4 Å². The highest BCUT2D eigenvalue weighted by Gasteiger charge is 2.19.